The topological polar surface area (TPSA) is 95.5 Å². The number of ether oxygens (including phenoxy) is 1. The summed E-state index contributed by atoms with van der Waals surface area (Å²) in [7, 11) is 0. The number of alkyl halides is 3. The monoisotopic (exact) mass is 541 g/mol. The van der Waals surface area contributed by atoms with Crippen LogP contribution in [0.4, 0.5) is 24.5 Å². The number of fused-ring (bicyclic) bond motifs is 2. The van der Waals surface area contributed by atoms with Gasteiger partial charge in [-0.1, -0.05) is 0 Å². The molecule has 6 rings (SSSR count). The molecule has 1 aliphatic heterocycles. The van der Waals surface area contributed by atoms with Gasteiger partial charge in [0.2, 0.25) is 0 Å². The molecule has 0 radical (unpaired) electrons. The Bertz CT molecular complexity index is 1350. The number of anilines is 2. The molecule has 4 fully saturated rings. The first-order valence-electron chi connectivity index (χ1n) is 12.7. The smallest absolute Gasteiger partial charge is 0.419 e. The molecule has 1 amide bonds. The second kappa shape index (κ2) is 8.64. The second-order valence-corrected chi connectivity index (χ2v) is 11.4. The lowest BCUT2D eigenvalue weighted by atomic mass is 9.75. The van der Waals surface area contributed by atoms with E-state index < -0.39 is 23.0 Å². The van der Waals surface area contributed by atoms with Gasteiger partial charge in [-0.05, 0) is 93.4 Å². The van der Waals surface area contributed by atoms with Gasteiger partial charge in [0.15, 0.2) is 10.8 Å². The number of nitrogens with zero attached hydrogens (tertiary/aromatic N) is 4. The molecule has 3 saturated carbocycles. The van der Waals surface area contributed by atoms with Crippen molar-refractivity contribution in [1.82, 2.24) is 4.98 Å². The summed E-state index contributed by atoms with van der Waals surface area (Å²) in [6, 6.07) is 9.55. The summed E-state index contributed by atoms with van der Waals surface area (Å²) in [5.41, 5.74) is 4.02. The zero-order valence-electron chi connectivity index (χ0n) is 20.5. The average molecular weight is 542 g/mol. The van der Waals surface area contributed by atoms with Crippen LogP contribution in [0.3, 0.4) is 0 Å². The first kappa shape index (κ1) is 25.1. The van der Waals surface area contributed by atoms with E-state index in [1.807, 2.05) is 24.3 Å². The van der Waals surface area contributed by atoms with Crippen LogP contribution in [0.5, 0.6) is 5.75 Å². The van der Waals surface area contributed by atoms with Gasteiger partial charge in [-0.15, -0.1) is 0 Å². The summed E-state index contributed by atoms with van der Waals surface area (Å²) < 4.78 is 47.0. The van der Waals surface area contributed by atoms with E-state index in [1.54, 1.807) is 4.90 Å². The Morgan fingerprint density at radius 1 is 1.16 bits per heavy atom. The van der Waals surface area contributed by atoms with Gasteiger partial charge in [0.25, 0.3) is 5.91 Å². The van der Waals surface area contributed by atoms with Gasteiger partial charge in [0.05, 0.1) is 17.4 Å². The first-order valence-corrected chi connectivity index (χ1v) is 13.2. The van der Waals surface area contributed by atoms with E-state index in [0.717, 1.165) is 55.7 Å². The molecule has 2 N–H and O–H groups in total. The van der Waals surface area contributed by atoms with Crippen molar-refractivity contribution < 1.29 is 22.7 Å². The fourth-order valence-corrected chi connectivity index (χ4v) is 7.08. The van der Waals surface area contributed by atoms with E-state index in [0.29, 0.717) is 30.2 Å². The molecular weight excluding hydrogens is 515 g/mol. The Morgan fingerprint density at radius 2 is 1.89 bits per heavy atom. The van der Waals surface area contributed by atoms with Crippen molar-refractivity contribution in [3.05, 3.63) is 47.8 Å². The number of nitrogens with two attached hydrogens (primary N) is 1. The van der Waals surface area contributed by atoms with E-state index in [2.05, 4.69) is 4.98 Å². The first-order chi connectivity index (χ1) is 18.0. The molecule has 1 unspecified atom stereocenters. The van der Waals surface area contributed by atoms with Crippen LogP contribution in [0.25, 0.3) is 0 Å². The minimum absolute atomic E-state index is 0.0571. The minimum Gasteiger partial charge on any atom is -0.490 e. The van der Waals surface area contributed by atoms with Gasteiger partial charge in [-0.25, -0.2) is 4.98 Å². The molecule has 38 heavy (non-hydrogen) atoms. The van der Waals surface area contributed by atoms with Crippen LogP contribution in [-0.2, 0) is 11.0 Å². The largest absolute Gasteiger partial charge is 0.490 e. The van der Waals surface area contributed by atoms with Crippen molar-refractivity contribution in [2.45, 2.75) is 74.7 Å². The van der Waals surface area contributed by atoms with Crippen molar-refractivity contribution in [3.8, 4) is 11.8 Å². The summed E-state index contributed by atoms with van der Waals surface area (Å²) in [6.45, 7) is 0. The highest BCUT2D eigenvalue weighted by molar-refractivity contribution is 7.81. The Balaban J connectivity index is 1.27. The van der Waals surface area contributed by atoms with E-state index in [-0.39, 0.29) is 28.3 Å². The fourth-order valence-electron chi connectivity index (χ4n) is 6.61. The van der Waals surface area contributed by atoms with E-state index in [1.165, 1.54) is 6.07 Å². The maximum absolute atomic E-state index is 13.6. The van der Waals surface area contributed by atoms with Crippen LogP contribution in [-0.4, -0.2) is 33.2 Å². The Hall–Kier alpha value is -3.23. The molecule has 3 aliphatic carbocycles. The van der Waals surface area contributed by atoms with Gasteiger partial charge >= 0.3 is 6.18 Å². The number of thiocarbonyl (C=S) groups is 1. The van der Waals surface area contributed by atoms with Gasteiger partial charge in [0.1, 0.15) is 23.5 Å². The molecule has 1 aromatic carbocycles. The fraction of sp³-hybridized carbons (Fsp3) is 0.481. The van der Waals surface area contributed by atoms with Gasteiger partial charge < -0.3 is 15.4 Å². The Labute approximate surface area is 223 Å². The number of carbonyl (C=O) groups is 1. The van der Waals surface area contributed by atoms with E-state index in [4.69, 9.17) is 28.0 Å². The van der Waals surface area contributed by atoms with Crippen molar-refractivity contribution in [3.63, 3.8) is 0 Å². The zero-order valence-corrected chi connectivity index (χ0v) is 21.3. The highest BCUT2D eigenvalue weighted by Gasteiger charge is 2.59. The summed E-state index contributed by atoms with van der Waals surface area (Å²) in [6.07, 6.45) is 3.25. The SMILES string of the molecule is N#Cc1ncc(N2C(=O)C3(CCC3)N(c3ccc(O[C@H]4C[C@H]5CCC(N)(C5)C4)cc3)C2=S)cc1C(F)(F)F. The minimum atomic E-state index is -4.80. The van der Waals surface area contributed by atoms with Crippen molar-refractivity contribution in [2.24, 2.45) is 11.7 Å². The summed E-state index contributed by atoms with van der Waals surface area (Å²) in [5, 5.41) is 9.17. The molecule has 2 heterocycles. The molecule has 2 bridgehead atoms. The third-order valence-electron chi connectivity index (χ3n) is 8.51. The summed E-state index contributed by atoms with van der Waals surface area (Å²) >= 11 is 5.67. The Kier molecular flexibility index (Phi) is 5.70. The lowest BCUT2D eigenvalue weighted by Crippen LogP contribution is -2.55. The van der Waals surface area contributed by atoms with E-state index >= 15 is 0 Å². The molecule has 198 valence electrons. The lowest BCUT2D eigenvalue weighted by Gasteiger charge is -2.43. The molecule has 3 atom stereocenters. The average Bonchev–Trinajstić information content (AvgIpc) is 3.26. The van der Waals surface area contributed by atoms with Crippen molar-refractivity contribution >= 4 is 34.6 Å². The van der Waals surface area contributed by atoms with E-state index in [9.17, 15) is 18.0 Å². The Morgan fingerprint density at radius 3 is 2.50 bits per heavy atom. The van der Waals surface area contributed by atoms with Crippen LogP contribution in [0, 0.1) is 17.2 Å². The molecule has 7 nitrogen and oxygen atoms in total. The number of carbonyl (C=O) groups excluding carboxylic acids is 1. The number of hydrogen-bond donors (Lipinski definition) is 1. The van der Waals surface area contributed by atoms with Crippen LogP contribution < -0.4 is 20.3 Å². The van der Waals surface area contributed by atoms with Gasteiger partial charge in [0, 0.05) is 17.6 Å². The zero-order chi connectivity index (χ0) is 26.9. The molecule has 1 aromatic heterocycles. The van der Waals surface area contributed by atoms with Crippen LogP contribution in [0.15, 0.2) is 36.5 Å². The van der Waals surface area contributed by atoms with Gasteiger partial charge in [-0.3, -0.25) is 9.69 Å². The number of rotatable bonds is 4. The lowest BCUT2D eigenvalue weighted by molar-refractivity contribution is -0.138. The molecule has 11 heteroatoms. The molecule has 1 saturated heterocycles. The van der Waals surface area contributed by atoms with Crippen molar-refractivity contribution in [1.29, 1.82) is 5.26 Å². The highest BCUT2D eigenvalue weighted by atomic mass is 32.1. The van der Waals surface area contributed by atoms with Crippen LogP contribution in [0.2, 0.25) is 0 Å². The molecule has 4 aliphatic rings. The maximum atomic E-state index is 13.6. The number of benzene rings is 1. The molecule has 1 spiro atoms. The summed E-state index contributed by atoms with van der Waals surface area (Å²) in [5.74, 6) is 0.912. The summed E-state index contributed by atoms with van der Waals surface area (Å²) in [4.78, 5) is 20.2. The number of pyridine rings is 1. The highest BCUT2D eigenvalue weighted by Crippen LogP contribution is 2.49. The normalized spacial score (nSPS) is 28.0. The number of nitriles is 1. The predicted molar refractivity (Wildman–Crippen MR) is 137 cm³/mol. The number of aromatic nitrogens is 1. The standard InChI is InChI=1S/C27H26F3N5O2S/c28-27(29,30)21-11-18(15-33-22(21)14-31)34-23(36)26(7-1-8-26)35(24(34)38)17-2-4-19(5-3-17)37-20-10-16-6-9-25(32,12-16)13-20/h2-5,11,15-16,20H,1,6-10,12-13,32H2/t16-,20+,25?/m1/s1. The maximum Gasteiger partial charge on any atom is 0.419 e. The second-order valence-electron chi connectivity index (χ2n) is 11.0. The van der Waals surface area contributed by atoms with Crippen LogP contribution >= 0.6 is 12.2 Å². The predicted octanol–water partition coefficient (Wildman–Crippen LogP) is 5.07. The third kappa shape index (κ3) is 3.93. The number of halogens is 3. The van der Waals surface area contributed by atoms with Crippen LogP contribution in [0.1, 0.15) is 62.6 Å². The molecule has 2 aromatic rings. The third-order valence-corrected chi connectivity index (χ3v) is 8.87. The quantitative estimate of drug-likeness (QED) is 0.540. The van der Waals surface area contributed by atoms with Gasteiger partial charge in [-0.2, -0.15) is 18.4 Å². The van der Waals surface area contributed by atoms with Crippen molar-refractivity contribution in [2.75, 3.05) is 9.80 Å². The molecular formula is C27H26F3N5O2S. The number of hydrogen-bond acceptors (Lipinski definition) is 6. The number of amides is 1.